The summed E-state index contributed by atoms with van der Waals surface area (Å²) >= 11 is 0. The van der Waals surface area contributed by atoms with Crippen molar-refractivity contribution in [3.05, 3.63) is 47.9 Å². The maximum absolute atomic E-state index is 11.6. The number of carbonyl (C=O) groups excluding carboxylic acids is 2. The number of fused-ring (bicyclic) bond motifs is 1. The molecule has 0 aromatic heterocycles. The standard InChI is InChI=1S/C12H10N2O2/c15-10-6-5-9-11(12(10)16)14-8-4-2-1-3-7(8)13-9/h1-8,13-14H. The summed E-state index contributed by atoms with van der Waals surface area (Å²) in [4.78, 5) is 22.9. The van der Waals surface area contributed by atoms with E-state index in [4.69, 9.17) is 0 Å². The Morgan fingerprint density at radius 1 is 0.938 bits per heavy atom. The van der Waals surface area contributed by atoms with Crippen LogP contribution in [0.25, 0.3) is 0 Å². The first-order chi connectivity index (χ1) is 7.75. The second-order valence-corrected chi connectivity index (χ2v) is 3.93. The van der Waals surface area contributed by atoms with Gasteiger partial charge in [-0.25, -0.2) is 0 Å². The molecule has 0 spiro atoms. The topological polar surface area (TPSA) is 58.2 Å². The number of Topliss-reactive ketones (excluding diaryl/α,β-unsaturated/α-hetero) is 1. The van der Waals surface area contributed by atoms with Gasteiger partial charge in [0, 0.05) is 0 Å². The van der Waals surface area contributed by atoms with Crippen LogP contribution in [0.15, 0.2) is 47.9 Å². The van der Waals surface area contributed by atoms with Crippen LogP contribution < -0.4 is 10.6 Å². The molecule has 0 saturated carbocycles. The molecular weight excluding hydrogens is 204 g/mol. The molecule has 0 fully saturated rings. The zero-order valence-electron chi connectivity index (χ0n) is 8.44. The number of hydrogen-bond donors (Lipinski definition) is 2. The van der Waals surface area contributed by atoms with Gasteiger partial charge in [0.25, 0.3) is 5.78 Å². The van der Waals surface area contributed by atoms with Gasteiger partial charge in [-0.2, -0.15) is 0 Å². The number of allylic oxidation sites excluding steroid dienone is 5. The predicted molar refractivity (Wildman–Crippen MR) is 58.3 cm³/mol. The molecule has 4 heteroatoms. The van der Waals surface area contributed by atoms with Crippen LogP contribution in [0.3, 0.4) is 0 Å². The second kappa shape index (κ2) is 3.20. The minimum Gasteiger partial charge on any atom is -0.375 e. The largest absolute Gasteiger partial charge is 0.375 e. The Balaban J connectivity index is 1.99. The third-order valence-electron chi connectivity index (χ3n) is 2.89. The summed E-state index contributed by atoms with van der Waals surface area (Å²) in [5, 5.41) is 6.32. The highest BCUT2D eigenvalue weighted by Gasteiger charge is 2.32. The van der Waals surface area contributed by atoms with Crippen molar-refractivity contribution < 1.29 is 9.59 Å². The van der Waals surface area contributed by atoms with E-state index in [9.17, 15) is 9.59 Å². The fourth-order valence-electron chi connectivity index (χ4n) is 2.06. The molecule has 1 heterocycles. The molecule has 0 amide bonds. The molecule has 80 valence electrons. The lowest BCUT2D eigenvalue weighted by atomic mass is 9.95. The number of nitrogens with one attached hydrogen (secondary N) is 2. The zero-order chi connectivity index (χ0) is 11.1. The smallest absolute Gasteiger partial charge is 0.250 e. The Morgan fingerprint density at radius 2 is 1.62 bits per heavy atom. The summed E-state index contributed by atoms with van der Waals surface area (Å²) in [6.45, 7) is 0. The van der Waals surface area contributed by atoms with E-state index in [1.807, 2.05) is 24.3 Å². The van der Waals surface area contributed by atoms with Crippen molar-refractivity contribution in [2.75, 3.05) is 0 Å². The Labute approximate surface area is 92.4 Å². The molecule has 2 aliphatic carbocycles. The average molecular weight is 214 g/mol. The van der Waals surface area contributed by atoms with Crippen LogP contribution in [0.4, 0.5) is 0 Å². The molecule has 4 nitrogen and oxygen atoms in total. The highest BCUT2D eigenvalue weighted by atomic mass is 16.2. The van der Waals surface area contributed by atoms with E-state index in [0.29, 0.717) is 11.4 Å². The fraction of sp³-hybridized carbons (Fsp3) is 0.167. The highest BCUT2D eigenvalue weighted by molar-refractivity contribution is 6.48. The van der Waals surface area contributed by atoms with Crippen LogP contribution in [0.1, 0.15) is 0 Å². The van der Waals surface area contributed by atoms with Gasteiger partial charge in [0.1, 0.15) is 5.70 Å². The Kier molecular flexibility index (Phi) is 1.83. The van der Waals surface area contributed by atoms with Gasteiger partial charge in [-0.05, 0) is 12.2 Å². The fourth-order valence-corrected chi connectivity index (χ4v) is 2.06. The van der Waals surface area contributed by atoms with Gasteiger partial charge in [-0.15, -0.1) is 0 Å². The summed E-state index contributed by atoms with van der Waals surface area (Å²) < 4.78 is 0. The van der Waals surface area contributed by atoms with Crippen LogP contribution in [-0.4, -0.2) is 23.7 Å². The molecule has 2 atom stereocenters. The molecule has 16 heavy (non-hydrogen) atoms. The molecule has 3 rings (SSSR count). The lowest BCUT2D eigenvalue weighted by Crippen LogP contribution is -2.53. The second-order valence-electron chi connectivity index (χ2n) is 3.93. The average Bonchev–Trinajstić information content (AvgIpc) is 2.32. The van der Waals surface area contributed by atoms with E-state index >= 15 is 0 Å². The molecule has 0 aromatic rings. The molecule has 0 aromatic carbocycles. The third-order valence-corrected chi connectivity index (χ3v) is 2.89. The lowest BCUT2D eigenvalue weighted by Gasteiger charge is -2.35. The van der Waals surface area contributed by atoms with Crippen LogP contribution in [0.5, 0.6) is 0 Å². The summed E-state index contributed by atoms with van der Waals surface area (Å²) in [6, 6.07) is 0.168. The van der Waals surface area contributed by atoms with Crippen molar-refractivity contribution >= 4 is 11.6 Å². The first-order valence-electron chi connectivity index (χ1n) is 5.15. The third kappa shape index (κ3) is 1.23. The molecule has 3 aliphatic rings. The van der Waals surface area contributed by atoms with Gasteiger partial charge in [0.2, 0.25) is 5.78 Å². The number of ketones is 2. The Bertz CT molecular complexity index is 497. The summed E-state index contributed by atoms with van der Waals surface area (Å²) in [6.07, 6.45) is 10.8. The van der Waals surface area contributed by atoms with Gasteiger partial charge < -0.3 is 10.6 Å². The summed E-state index contributed by atoms with van der Waals surface area (Å²) in [5.74, 6) is -0.937. The van der Waals surface area contributed by atoms with Gasteiger partial charge in [0.15, 0.2) is 0 Å². The van der Waals surface area contributed by atoms with Crippen molar-refractivity contribution in [3.63, 3.8) is 0 Å². The molecule has 2 N–H and O–H groups in total. The maximum Gasteiger partial charge on any atom is 0.250 e. The summed E-state index contributed by atoms with van der Waals surface area (Å²) in [7, 11) is 0. The Morgan fingerprint density at radius 3 is 2.38 bits per heavy atom. The van der Waals surface area contributed by atoms with E-state index in [0.717, 1.165) is 0 Å². The van der Waals surface area contributed by atoms with E-state index in [1.165, 1.54) is 6.08 Å². The Hall–Kier alpha value is -2.10. The van der Waals surface area contributed by atoms with E-state index in [-0.39, 0.29) is 12.1 Å². The van der Waals surface area contributed by atoms with Crippen molar-refractivity contribution in [1.82, 2.24) is 10.6 Å². The normalized spacial score (nSPS) is 30.8. The first-order valence-corrected chi connectivity index (χ1v) is 5.15. The van der Waals surface area contributed by atoms with Crippen LogP contribution in [-0.2, 0) is 9.59 Å². The molecule has 0 radical (unpaired) electrons. The zero-order valence-corrected chi connectivity index (χ0v) is 8.44. The first kappa shape index (κ1) is 9.15. The van der Waals surface area contributed by atoms with Crippen LogP contribution >= 0.6 is 0 Å². The number of rotatable bonds is 0. The van der Waals surface area contributed by atoms with Crippen LogP contribution in [0.2, 0.25) is 0 Å². The minimum atomic E-state index is -0.471. The van der Waals surface area contributed by atoms with E-state index in [2.05, 4.69) is 10.6 Å². The minimum absolute atomic E-state index is 0.0343. The van der Waals surface area contributed by atoms with Crippen LogP contribution in [0, 0.1) is 0 Å². The maximum atomic E-state index is 11.6. The lowest BCUT2D eigenvalue weighted by molar-refractivity contribution is -0.132. The molecule has 0 bridgehead atoms. The quantitative estimate of drug-likeness (QED) is 0.439. The van der Waals surface area contributed by atoms with Crippen molar-refractivity contribution in [3.8, 4) is 0 Å². The van der Waals surface area contributed by atoms with Gasteiger partial charge in [0.05, 0.1) is 17.8 Å². The number of hydrogen-bond acceptors (Lipinski definition) is 4. The van der Waals surface area contributed by atoms with Crippen molar-refractivity contribution in [2.45, 2.75) is 12.1 Å². The monoisotopic (exact) mass is 214 g/mol. The predicted octanol–water partition coefficient (Wildman–Crippen LogP) is -0.0380. The molecule has 1 aliphatic heterocycles. The van der Waals surface area contributed by atoms with Crippen molar-refractivity contribution in [2.24, 2.45) is 0 Å². The molecular formula is C12H10N2O2. The van der Waals surface area contributed by atoms with Gasteiger partial charge in [-0.1, -0.05) is 24.3 Å². The highest BCUT2D eigenvalue weighted by Crippen LogP contribution is 2.19. The molecule has 2 unspecified atom stereocenters. The van der Waals surface area contributed by atoms with Gasteiger partial charge in [-0.3, -0.25) is 9.59 Å². The van der Waals surface area contributed by atoms with Gasteiger partial charge >= 0.3 is 0 Å². The van der Waals surface area contributed by atoms with E-state index < -0.39 is 11.6 Å². The van der Waals surface area contributed by atoms with Crippen molar-refractivity contribution in [1.29, 1.82) is 0 Å². The molecule has 0 saturated heterocycles. The summed E-state index contributed by atoms with van der Waals surface area (Å²) in [5.41, 5.74) is 1.08. The number of carbonyl (C=O) groups is 2. The van der Waals surface area contributed by atoms with E-state index in [1.54, 1.807) is 6.08 Å². The SMILES string of the molecule is O=C1C=CC2=C(NC3C=CC=CC3N2)C1=O.